The van der Waals surface area contributed by atoms with Gasteiger partial charge in [-0.1, -0.05) is 62.9 Å². The minimum Gasteiger partial charge on any atom is -0.542 e. The van der Waals surface area contributed by atoms with E-state index in [-0.39, 0.29) is 5.04 Å². The van der Waals surface area contributed by atoms with E-state index in [1.54, 1.807) is 0 Å². The van der Waals surface area contributed by atoms with Crippen LogP contribution in [-0.4, -0.2) is 14.9 Å². The molecule has 0 unspecified atom stereocenters. The highest BCUT2D eigenvalue weighted by molar-refractivity contribution is 9.10. The Hall–Kier alpha value is -1.18. The van der Waals surface area contributed by atoms with Gasteiger partial charge in [-0.2, -0.15) is 5.11 Å². The molecule has 0 saturated heterocycles. The Bertz CT molecular complexity index is 878. The summed E-state index contributed by atoms with van der Waals surface area (Å²) in [6.45, 7) is 14.0. The van der Waals surface area contributed by atoms with Crippen LogP contribution in [0.25, 0.3) is 0 Å². The third-order valence-electron chi connectivity index (χ3n) is 5.54. The zero-order valence-corrected chi connectivity index (χ0v) is 23.6. The lowest BCUT2D eigenvalue weighted by atomic mass is 10.2. The zero-order valence-electron chi connectivity index (χ0n) is 19.5. The largest absolute Gasteiger partial charge is 0.542 e. The average molecular weight is 570 g/mol. The fourth-order valence-corrected chi connectivity index (χ4v) is 4.27. The Labute approximate surface area is 205 Å². The molecule has 0 bridgehead atoms. The van der Waals surface area contributed by atoms with E-state index in [1.165, 1.54) is 19.3 Å². The Morgan fingerprint density at radius 2 is 1.58 bits per heavy atom. The molecule has 0 aromatic heterocycles. The Morgan fingerprint density at radius 1 is 0.903 bits per heavy atom. The van der Waals surface area contributed by atoms with E-state index in [1.807, 2.05) is 36.4 Å². The van der Waals surface area contributed by atoms with Crippen molar-refractivity contribution < 1.29 is 9.16 Å². The van der Waals surface area contributed by atoms with Crippen LogP contribution in [0.3, 0.4) is 0 Å². The van der Waals surface area contributed by atoms with Gasteiger partial charge >= 0.3 is 0 Å². The van der Waals surface area contributed by atoms with Crippen molar-refractivity contribution in [3.8, 4) is 11.5 Å². The summed E-state index contributed by atoms with van der Waals surface area (Å²) < 4.78 is 14.5. The first-order valence-corrected chi connectivity index (χ1v) is 15.4. The van der Waals surface area contributed by atoms with Crippen LogP contribution >= 0.6 is 31.9 Å². The minimum atomic E-state index is -2.04. The Kier molecular flexibility index (Phi) is 9.77. The zero-order chi connectivity index (χ0) is 23.1. The normalized spacial score (nSPS) is 12.4. The fourth-order valence-electron chi connectivity index (χ4n) is 2.55. The number of unbranched alkanes of at least 4 members (excludes halogenated alkanes) is 3. The van der Waals surface area contributed by atoms with Gasteiger partial charge in [0.05, 0.1) is 16.8 Å². The van der Waals surface area contributed by atoms with Crippen molar-refractivity contribution in [3.05, 3.63) is 45.3 Å². The van der Waals surface area contributed by atoms with Gasteiger partial charge in [0.15, 0.2) is 0 Å². The van der Waals surface area contributed by atoms with Crippen molar-refractivity contribution >= 4 is 51.6 Å². The highest BCUT2D eigenvalue weighted by atomic mass is 79.9. The van der Waals surface area contributed by atoms with Crippen molar-refractivity contribution in [1.82, 2.24) is 0 Å². The summed E-state index contributed by atoms with van der Waals surface area (Å²) in [6, 6.07) is 11.6. The van der Waals surface area contributed by atoms with E-state index in [9.17, 15) is 0 Å². The molecule has 0 spiro atoms. The molecule has 0 aliphatic rings. The Morgan fingerprint density at radius 3 is 2.19 bits per heavy atom. The monoisotopic (exact) mass is 568 g/mol. The van der Waals surface area contributed by atoms with Gasteiger partial charge < -0.3 is 9.16 Å². The van der Waals surface area contributed by atoms with Gasteiger partial charge in [-0.3, -0.25) is 0 Å². The second kappa shape index (κ2) is 11.6. The highest BCUT2D eigenvalue weighted by Gasteiger charge is 2.39. The molecule has 2 aromatic carbocycles. The molecule has 7 heteroatoms. The van der Waals surface area contributed by atoms with E-state index in [2.05, 4.69) is 82.9 Å². The number of benzene rings is 2. The average Bonchev–Trinajstić information content (AvgIpc) is 2.68. The number of ether oxygens (including phenoxy) is 1. The molecular weight excluding hydrogens is 536 g/mol. The smallest absolute Gasteiger partial charge is 0.250 e. The summed E-state index contributed by atoms with van der Waals surface area (Å²) in [5, 5.41) is 9.05. The van der Waals surface area contributed by atoms with Gasteiger partial charge in [0.1, 0.15) is 17.2 Å². The first-order valence-electron chi connectivity index (χ1n) is 10.9. The summed E-state index contributed by atoms with van der Waals surface area (Å²) in [5.74, 6) is 1.50. The Balaban J connectivity index is 2.33. The predicted molar refractivity (Wildman–Crippen MR) is 140 cm³/mol. The van der Waals surface area contributed by atoms with Crippen molar-refractivity contribution in [1.29, 1.82) is 0 Å². The fraction of sp³-hybridized carbons (Fsp3) is 0.500. The van der Waals surface area contributed by atoms with Crippen LogP contribution in [0.2, 0.25) is 18.1 Å². The second-order valence-corrected chi connectivity index (χ2v) is 15.7. The van der Waals surface area contributed by atoms with Gasteiger partial charge in [0.25, 0.3) is 8.32 Å². The molecular formula is C24H34Br2N2O2Si. The predicted octanol–water partition coefficient (Wildman–Crippen LogP) is 9.97. The molecule has 0 amide bonds. The number of azo groups is 1. The molecule has 0 atom stereocenters. The number of hydrogen-bond donors (Lipinski definition) is 0. The maximum absolute atomic E-state index is 6.59. The number of halogens is 2. The van der Waals surface area contributed by atoms with Gasteiger partial charge in [-0.25, -0.2) is 0 Å². The number of hydrogen-bond acceptors (Lipinski definition) is 4. The summed E-state index contributed by atoms with van der Waals surface area (Å²) in [4.78, 5) is 0. The van der Waals surface area contributed by atoms with Crippen LogP contribution in [0.1, 0.15) is 53.4 Å². The quantitative estimate of drug-likeness (QED) is 0.162. The van der Waals surface area contributed by atoms with Crippen LogP contribution in [0.15, 0.2) is 55.6 Å². The molecule has 0 fully saturated rings. The lowest BCUT2D eigenvalue weighted by molar-refractivity contribution is 0.303. The maximum atomic E-state index is 6.59. The number of nitrogens with zero attached hydrogens (tertiary/aromatic N) is 2. The summed E-state index contributed by atoms with van der Waals surface area (Å²) in [5.41, 5.74) is 1.46. The molecule has 0 aliphatic carbocycles. The molecule has 0 radical (unpaired) electrons. The first kappa shape index (κ1) is 26.1. The summed E-state index contributed by atoms with van der Waals surface area (Å²) in [6.07, 6.45) is 4.66. The van der Waals surface area contributed by atoms with Crippen LogP contribution in [0.4, 0.5) is 11.4 Å². The standard InChI is InChI=1S/C24H34Br2N2O2Si/c1-7-8-9-10-15-29-22-17-21(28-27-19-13-11-18(25)12-14-19)23(16-20(22)26)30-31(5,6)24(2,3)4/h11-14,16-17H,7-10,15H2,1-6H3. The van der Waals surface area contributed by atoms with E-state index in [4.69, 9.17) is 9.16 Å². The van der Waals surface area contributed by atoms with E-state index in [0.29, 0.717) is 12.3 Å². The molecule has 170 valence electrons. The number of rotatable bonds is 10. The lowest BCUT2D eigenvalue weighted by Gasteiger charge is -2.36. The third kappa shape index (κ3) is 8.03. The topological polar surface area (TPSA) is 43.2 Å². The van der Waals surface area contributed by atoms with E-state index in [0.717, 1.165) is 32.6 Å². The van der Waals surface area contributed by atoms with Crippen LogP contribution < -0.4 is 9.16 Å². The molecule has 4 nitrogen and oxygen atoms in total. The molecule has 0 N–H and O–H groups in total. The molecule has 0 saturated carbocycles. The van der Waals surface area contributed by atoms with Crippen LogP contribution in [-0.2, 0) is 0 Å². The van der Waals surface area contributed by atoms with Crippen LogP contribution in [0, 0.1) is 0 Å². The van der Waals surface area contributed by atoms with Crippen molar-refractivity contribution in [2.24, 2.45) is 10.2 Å². The highest BCUT2D eigenvalue weighted by Crippen LogP contribution is 2.44. The summed E-state index contributed by atoms with van der Waals surface area (Å²) in [7, 11) is -2.04. The molecule has 31 heavy (non-hydrogen) atoms. The van der Waals surface area contributed by atoms with Crippen molar-refractivity contribution in [2.45, 2.75) is 71.5 Å². The summed E-state index contributed by atoms with van der Waals surface area (Å²) >= 11 is 7.11. The van der Waals surface area contributed by atoms with E-state index >= 15 is 0 Å². The van der Waals surface area contributed by atoms with E-state index < -0.39 is 8.32 Å². The lowest BCUT2D eigenvalue weighted by Crippen LogP contribution is -2.43. The van der Waals surface area contributed by atoms with Crippen LogP contribution in [0.5, 0.6) is 11.5 Å². The third-order valence-corrected chi connectivity index (χ3v) is 11.0. The van der Waals surface area contributed by atoms with Gasteiger partial charge in [-0.15, -0.1) is 5.11 Å². The molecule has 2 aromatic rings. The first-order chi connectivity index (χ1) is 14.5. The van der Waals surface area contributed by atoms with Gasteiger partial charge in [0.2, 0.25) is 0 Å². The molecule has 0 aliphatic heterocycles. The maximum Gasteiger partial charge on any atom is 0.250 e. The molecule has 2 rings (SSSR count). The SMILES string of the molecule is CCCCCCOc1cc(N=Nc2ccc(Br)cc2)c(O[Si](C)(C)C(C)(C)C)cc1Br. The van der Waals surface area contributed by atoms with Crippen molar-refractivity contribution in [2.75, 3.05) is 6.61 Å². The second-order valence-electron chi connectivity index (χ2n) is 9.20. The van der Waals surface area contributed by atoms with Crippen molar-refractivity contribution in [3.63, 3.8) is 0 Å². The van der Waals surface area contributed by atoms with Gasteiger partial charge in [-0.05, 0) is 70.8 Å². The minimum absolute atomic E-state index is 0.0774. The molecule has 0 heterocycles. The van der Waals surface area contributed by atoms with Gasteiger partial charge in [0, 0.05) is 10.5 Å².